The summed E-state index contributed by atoms with van der Waals surface area (Å²) in [6, 6.07) is 10.4. The van der Waals surface area contributed by atoms with E-state index >= 15 is 0 Å². The molecule has 1 heterocycles. The summed E-state index contributed by atoms with van der Waals surface area (Å²) in [5.74, 6) is -0.544. The highest BCUT2D eigenvalue weighted by Crippen LogP contribution is 2.24. The van der Waals surface area contributed by atoms with Gasteiger partial charge >= 0.3 is 0 Å². The number of unbranched alkanes of at least 4 members (excludes halogenated alkanes) is 2. The first-order valence-corrected chi connectivity index (χ1v) is 10.2. The van der Waals surface area contributed by atoms with E-state index in [9.17, 15) is 9.18 Å². The fraction of sp³-hybridized carbons (Fsp3) is 0.273. The third kappa shape index (κ3) is 5.39. The number of anilines is 1. The molecule has 3 rings (SSSR count). The fourth-order valence-corrected chi connectivity index (χ4v) is 3.54. The molecule has 4 nitrogen and oxygen atoms in total. The Bertz CT molecular complexity index is 968. The van der Waals surface area contributed by atoms with E-state index in [0.717, 1.165) is 29.5 Å². The predicted octanol–water partition coefficient (Wildman–Crippen LogP) is 5.74. The Balaban J connectivity index is 1.56. The molecule has 0 saturated heterocycles. The smallest absolute Gasteiger partial charge is 0.228 e. The van der Waals surface area contributed by atoms with Crippen molar-refractivity contribution in [3.05, 3.63) is 65.4 Å². The van der Waals surface area contributed by atoms with E-state index < -0.39 is 5.82 Å². The van der Waals surface area contributed by atoms with Crippen LogP contribution in [0.15, 0.2) is 54.1 Å². The minimum atomic E-state index is -0.469. The number of carbonyl (C=O) groups is 1. The van der Waals surface area contributed by atoms with Crippen molar-refractivity contribution in [2.24, 2.45) is 0 Å². The number of rotatable bonds is 9. The van der Waals surface area contributed by atoms with E-state index in [1.54, 1.807) is 29.8 Å². The van der Waals surface area contributed by atoms with Crippen molar-refractivity contribution >= 4 is 33.1 Å². The molecule has 0 aliphatic carbocycles. The van der Waals surface area contributed by atoms with Crippen LogP contribution >= 0.6 is 11.3 Å². The minimum Gasteiger partial charge on any atom is -0.491 e. The number of thiazole rings is 1. The SMILES string of the molecule is CC=CCCCCOc1cccc(CC(=O)Nc2ccc3ncsc3c2)c1F. The zero-order valence-electron chi connectivity index (χ0n) is 15.8. The third-order valence-corrected chi connectivity index (χ3v) is 5.06. The quantitative estimate of drug-likeness (QED) is 0.369. The second kappa shape index (κ2) is 9.99. The highest BCUT2D eigenvalue weighted by molar-refractivity contribution is 7.16. The maximum Gasteiger partial charge on any atom is 0.228 e. The third-order valence-electron chi connectivity index (χ3n) is 4.27. The molecule has 146 valence electrons. The van der Waals surface area contributed by atoms with Gasteiger partial charge in [-0.3, -0.25) is 4.79 Å². The van der Waals surface area contributed by atoms with E-state index in [-0.39, 0.29) is 18.1 Å². The Morgan fingerprint density at radius 2 is 2.18 bits per heavy atom. The first-order chi connectivity index (χ1) is 13.7. The molecule has 1 N–H and O–H groups in total. The molecule has 0 bridgehead atoms. The highest BCUT2D eigenvalue weighted by Gasteiger charge is 2.13. The number of halogens is 1. The van der Waals surface area contributed by atoms with E-state index in [0.29, 0.717) is 17.9 Å². The number of hydrogen-bond acceptors (Lipinski definition) is 4. The number of amides is 1. The fourth-order valence-electron chi connectivity index (χ4n) is 2.83. The Labute approximate surface area is 168 Å². The first kappa shape index (κ1) is 20.0. The average Bonchev–Trinajstić information content (AvgIpc) is 3.15. The van der Waals surface area contributed by atoms with Crippen LogP contribution in [0.5, 0.6) is 5.75 Å². The number of allylic oxidation sites excluding steroid dienone is 2. The number of carbonyl (C=O) groups excluding carboxylic acids is 1. The van der Waals surface area contributed by atoms with Gasteiger partial charge in [-0.15, -0.1) is 11.3 Å². The standard InChI is InChI=1S/C22H23FN2O2S/c1-2-3-4-5-6-12-27-19-9-7-8-16(22(19)23)13-21(26)25-17-10-11-18-20(14-17)28-15-24-18/h2-3,7-11,14-15H,4-6,12-13H2,1H3,(H,25,26). The van der Waals surface area contributed by atoms with E-state index in [1.165, 1.54) is 11.3 Å². The van der Waals surface area contributed by atoms with Gasteiger partial charge in [-0.1, -0.05) is 24.3 Å². The summed E-state index contributed by atoms with van der Waals surface area (Å²) in [5.41, 5.74) is 3.65. The van der Waals surface area contributed by atoms with Crippen LogP contribution in [0.1, 0.15) is 31.7 Å². The minimum absolute atomic E-state index is 0.0505. The van der Waals surface area contributed by atoms with Gasteiger partial charge in [-0.2, -0.15) is 0 Å². The maximum absolute atomic E-state index is 14.6. The van der Waals surface area contributed by atoms with Crippen LogP contribution in [-0.4, -0.2) is 17.5 Å². The van der Waals surface area contributed by atoms with Gasteiger partial charge in [-0.25, -0.2) is 9.37 Å². The first-order valence-electron chi connectivity index (χ1n) is 9.32. The van der Waals surface area contributed by atoms with Gasteiger partial charge in [0, 0.05) is 11.3 Å². The van der Waals surface area contributed by atoms with Crippen molar-refractivity contribution in [2.75, 3.05) is 11.9 Å². The van der Waals surface area contributed by atoms with E-state index in [1.807, 2.05) is 25.1 Å². The van der Waals surface area contributed by atoms with Gasteiger partial charge in [0.1, 0.15) is 0 Å². The Morgan fingerprint density at radius 1 is 1.29 bits per heavy atom. The zero-order valence-corrected chi connectivity index (χ0v) is 16.6. The Kier molecular flexibility index (Phi) is 7.14. The molecule has 0 aliphatic heterocycles. The van der Waals surface area contributed by atoms with Gasteiger partial charge in [0.05, 0.1) is 28.8 Å². The lowest BCUT2D eigenvalue weighted by Crippen LogP contribution is -2.15. The molecule has 2 aromatic carbocycles. The van der Waals surface area contributed by atoms with Crippen LogP contribution in [0.3, 0.4) is 0 Å². The summed E-state index contributed by atoms with van der Waals surface area (Å²) in [5, 5.41) is 2.82. The van der Waals surface area contributed by atoms with Crippen LogP contribution in [0.4, 0.5) is 10.1 Å². The lowest BCUT2D eigenvalue weighted by atomic mass is 10.1. The molecule has 0 fully saturated rings. The molecule has 28 heavy (non-hydrogen) atoms. The second-order valence-electron chi connectivity index (χ2n) is 6.40. The lowest BCUT2D eigenvalue weighted by molar-refractivity contribution is -0.115. The molecule has 0 spiro atoms. The number of nitrogens with one attached hydrogen (secondary N) is 1. The second-order valence-corrected chi connectivity index (χ2v) is 7.29. The van der Waals surface area contributed by atoms with E-state index in [4.69, 9.17) is 4.74 Å². The molecule has 3 aromatic rings. The van der Waals surface area contributed by atoms with Crippen molar-refractivity contribution < 1.29 is 13.9 Å². The summed E-state index contributed by atoms with van der Waals surface area (Å²) < 4.78 is 21.2. The molecular formula is C22H23FN2O2S. The normalized spacial score (nSPS) is 11.2. The molecule has 0 radical (unpaired) electrons. The van der Waals surface area contributed by atoms with Crippen molar-refractivity contribution in [2.45, 2.75) is 32.6 Å². The average molecular weight is 399 g/mol. The lowest BCUT2D eigenvalue weighted by Gasteiger charge is -2.10. The highest BCUT2D eigenvalue weighted by atomic mass is 32.1. The molecule has 0 aliphatic rings. The summed E-state index contributed by atoms with van der Waals surface area (Å²) in [4.78, 5) is 16.6. The topological polar surface area (TPSA) is 51.2 Å². The number of aromatic nitrogens is 1. The summed E-state index contributed by atoms with van der Waals surface area (Å²) in [6.45, 7) is 2.45. The molecule has 0 saturated carbocycles. The van der Waals surface area contributed by atoms with Crippen LogP contribution < -0.4 is 10.1 Å². The van der Waals surface area contributed by atoms with Gasteiger partial charge in [0.25, 0.3) is 0 Å². The Morgan fingerprint density at radius 3 is 3.04 bits per heavy atom. The van der Waals surface area contributed by atoms with Crippen LogP contribution in [-0.2, 0) is 11.2 Å². The van der Waals surface area contributed by atoms with E-state index in [2.05, 4.69) is 16.4 Å². The number of nitrogens with zero attached hydrogens (tertiary/aromatic N) is 1. The molecule has 6 heteroatoms. The summed E-state index contributed by atoms with van der Waals surface area (Å²) in [6.07, 6.45) is 6.92. The van der Waals surface area contributed by atoms with Crippen molar-refractivity contribution in [1.82, 2.24) is 4.98 Å². The van der Waals surface area contributed by atoms with Crippen LogP contribution in [0.25, 0.3) is 10.2 Å². The van der Waals surface area contributed by atoms with Gasteiger partial charge in [-0.05, 0) is 50.5 Å². The van der Waals surface area contributed by atoms with Gasteiger partial charge in [0.15, 0.2) is 11.6 Å². The number of fused-ring (bicyclic) bond motifs is 1. The van der Waals surface area contributed by atoms with Crippen molar-refractivity contribution in [3.8, 4) is 5.75 Å². The van der Waals surface area contributed by atoms with Crippen molar-refractivity contribution in [1.29, 1.82) is 0 Å². The molecule has 0 unspecified atom stereocenters. The molecule has 1 amide bonds. The Hall–Kier alpha value is -2.73. The van der Waals surface area contributed by atoms with Crippen LogP contribution in [0, 0.1) is 5.82 Å². The van der Waals surface area contributed by atoms with Crippen LogP contribution in [0.2, 0.25) is 0 Å². The summed E-state index contributed by atoms with van der Waals surface area (Å²) in [7, 11) is 0. The predicted molar refractivity (Wildman–Crippen MR) is 113 cm³/mol. The number of ether oxygens (including phenoxy) is 1. The van der Waals surface area contributed by atoms with Crippen molar-refractivity contribution in [3.63, 3.8) is 0 Å². The van der Waals surface area contributed by atoms with Gasteiger partial charge < -0.3 is 10.1 Å². The summed E-state index contributed by atoms with van der Waals surface area (Å²) >= 11 is 1.51. The monoisotopic (exact) mass is 398 g/mol. The molecule has 1 aromatic heterocycles. The zero-order chi connectivity index (χ0) is 19.8. The maximum atomic E-state index is 14.6. The van der Waals surface area contributed by atoms with Gasteiger partial charge in [0.2, 0.25) is 5.91 Å². The molecular weight excluding hydrogens is 375 g/mol. The number of hydrogen-bond donors (Lipinski definition) is 1. The number of benzene rings is 2. The molecule has 0 atom stereocenters. The largest absolute Gasteiger partial charge is 0.491 e.